The maximum absolute atomic E-state index is 12.5. The molecule has 2 aliphatic heterocycles. The van der Waals surface area contributed by atoms with E-state index in [1.807, 2.05) is 6.92 Å². The molecule has 0 aromatic rings. The van der Waals surface area contributed by atoms with Crippen molar-refractivity contribution < 1.29 is 14.4 Å². The molecular weight excluding hydrogens is 256 g/mol. The zero-order valence-corrected chi connectivity index (χ0v) is 11.7. The molecule has 1 N–H and O–H groups in total. The number of hydrogen-bond donors (Lipinski definition) is 1. The van der Waals surface area contributed by atoms with Gasteiger partial charge in [-0.25, -0.2) is 0 Å². The Balaban J connectivity index is 2.33. The first kappa shape index (κ1) is 14.2. The minimum atomic E-state index is -0.984. The zero-order valence-electron chi connectivity index (χ0n) is 11.7. The minimum Gasteiger partial charge on any atom is -0.320 e. The normalized spacial score (nSPS) is 27.5. The topological polar surface area (TPSA) is 66.5 Å². The van der Waals surface area contributed by atoms with Crippen molar-refractivity contribution in [2.75, 3.05) is 6.54 Å². The standard InChI is InChI=1S/C15H18N2O3/c1-4-6-11-10(5-2)9-17(13(11)19)15(3)8-7-12(18)16-14(15)20/h4-6H,2,7-9H2,1,3H3,(H,16,18,20)/b6-4-. The Morgan fingerprint density at radius 3 is 2.60 bits per heavy atom. The first-order valence-corrected chi connectivity index (χ1v) is 6.58. The van der Waals surface area contributed by atoms with E-state index in [2.05, 4.69) is 11.9 Å². The van der Waals surface area contributed by atoms with Gasteiger partial charge in [0.15, 0.2) is 0 Å². The van der Waals surface area contributed by atoms with Crippen molar-refractivity contribution in [3.05, 3.63) is 36.0 Å². The van der Waals surface area contributed by atoms with Crippen molar-refractivity contribution in [1.29, 1.82) is 0 Å². The van der Waals surface area contributed by atoms with E-state index in [1.54, 1.807) is 25.2 Å². The van der Waals surface area contributed by atoms with Gasteiger partial charge in [0, 0.05) is 18.5 Å². The van der Waals surface area contributed by atoms with Crippen molar-refractivity contribution in [3.63, 3.8) is 0 Å². The van der Waals surface area contributed by atoms with E-state index in [9.17, 15) is 14.4 Å². The van der Waals surface area contributed by atoms with E-state index in [1.165, 1.54) is 4.90 Å². The van der Waals surface area contributed by atoms with Crippen molar-refractivity contribution in [1.82, 2.24) is 10.2 Å². The third-order valence-electron chi connectivity index (χ3n) is 3.91. The summed E-state index contributed by atoms with van der Waals surface area (Å²) in [5.41, 5.74) is 0.384. The van der Waals surface area contributed by atoms with Crippen LogP contribution >= 0.6 is 0 Å². The second kappa shape index (κ2) is 5.07. The fourth-order valence-corrected chi connectivity index (χ4v) is 2.58. The average molecular weight is 274 g/mol. The third kappa shape index (κ3) is 2.09. The monoisotopic (exact) mass is 274 g/mol. The fourth-order valence-electron chi connectivity index (χ4n) is 2.58. The highest BCUT2D eigenvalue weighted by molar-refractivity contribution is 6.08. The highest BCUT2D eigenvalue weighted by Gasteiger charge is 2.48. The maximum Gasteiger partial charge on any atom is 0.255 e. The lowest BCUT2D eigenvalue weighted by molar-refractivity contribution is -0.149. The number of hydrogen-bond acceptors (Lipinski definition) is 3. The summed E-state index contributed by atoms with van der Waals surface area (Å²) >= 11 is 0. The van der Waals surface area contributed by atoms with E-state index in [0.29, 0.717) is 18.5 Å². The molecular formula is C15H18N2O3. The summed E-state index contributed by atoms with van der Waals surface area (Å²) in [4.78, 5) is 37.4. The largest absolute Gasteiger partial charge is 0.320 e. The summed E-state index contributed by atoms with van der Waals surface area (Å²) in [5, 5.41) is 2.31. The van der Waals surface area contributed by atoms with Crippen LogP contribution in [0.1, 0.15) is 26.7 Å². The Bertz CT molecular complexity index is 559. The number of allylic oxidation sites excluding steroid dienone is 1. The SMILES string of the molecule is C=CC1=C(/C=C\C)C(=O)N(C2(C)CCC(=O)NC2=O)C1. The number of imide groups is 1. The van der Waals surface area contributed by atoms with E-state index in [0.717, 1.165) is 5.57 Å². The van der Waals surface area contributed by atoms with Crippen LogP contribution < -0.4 is 5.32 Å². The summed E-state index contributed by atoms with van der Waals surface area (Å²) in [7, 11) is 0. The average Bonchev–Trinajstić information content (AvgIpc) is 2.73. The number of piperidine rings is 1. The van der Waals surface area contributed by atoms with Crippen molar-refractivity contribution in [3.8, 4) is 0 Å². The number of amides is 3. The number of rotatable bonds is 3. The van der Waals surface area contributed by atoms with Gasteiger partial charge in [0.1, 0.15) is 5.54 Å². The lowest BCUT2D eigenvalue weighted by Gasteiger charge is -2.39. The maximum atomic E-state index is 12.5. The molecule has 2 aliphatic rings. The van der Waals surface area contributed by atoms with E-state index >= 15 is 0 Å². The molecule has 2 heterocycles. The number of carbonyl (C=O) groups excluding carboxylic acids is 3. The predicted octanol–water partition coefficient (Wildman–Crippen LogP) is 1.08. The van der Waals surface area contributed by atoms with Gasteiger partial charge in [-0.15, -0.1) is 0 Å². The van der Waals surface area contributed by atoms with Crippen molar-refractivity contribution in [2.24, 2.45) is 0 Å². The molecule has 2 rings (SSSR count). The first-order valence-electron chi connectivity index (χ1n) is 6.58. The lowest BCUT2D eigenvalue weighted by Crippen LogP contribution is -2.62. The molecule has 0 aliphatic carbocycles. The smallest absolute Gasteiger partial charge is 0.255 e. The molecule has 106 valence electrons. The Morgan fingerprint density at radius 1 is 1.35 bits per heavy atom. The Morgan fingerprint density at radius 2 is 2.05 bits per heavy atom. The summed E-state index contributed by atoms with van der Waals surface area (Å²) in [6, 6.07) is 0. The molecule has 1 fully saturated rings. The van der Waals surface area contributed by atoms with Crippen molar-refractivity contribution in [2.45, 2.75) is 32.2 Å². The molecule has 20 heavy (non-hydrogen) atoms. The minimum absolute atomic E-state index is 0.190. The second-order valence-corrected chi connectivity index (χ2v) is 5.19. The lowest BCUT2D eigenvalue weighted by atomic mass is 9.89. The molecule has 0 radical (unpaired) electrons. The van der Waals surface area contributed by atoms with Gasteiger partial charge in [0.25, 0.3) is 11.8 Å². The molecule has 1 atom stereocenters. The summed E-state index contributed by atoms with van der Waals surface area (Å²) in [6.07, 6.45) is 5.75. The van der Waals surface area contributed by atoms with E-state index in [-0.39, 0.29) is 18.2 Å². The van der Waals surface area contributed by atoms with Crippen LogP contribution in [-0.4, -0.2) is 34.7 Å². The van der Waals surface area contributed by atoms with Gasteiger partial charge >= 0.3 is 0 Å². The molecule has 1 saturated heterocycles. The van der Waals surface area contributed by atoms with Gasteiger partial charge in [-0.05, 0) is 25.8 Å². The van der Waals surface area contributed by atoms with E-state index < -0.39 is 11.4 Å². The summed E-state index contributed by atoms with van der Waals surface area (Å²) in [5.74, 6) is -0.887. The van der Waals surface area contributed by atoms with Gasteiger partial charge in [-0.3, -0.25) is 19.7 Å². The molecule has 3 amide bonds. The molecule has 1 unspecified atom stereocenters. The molecule has 0 saturated carbocycles. The quantitative estimate of drug-likeness (QED) is 0.783. The fraction of sp³-hybridized carbons (Fsp3) is 0.400. The van der Waals surface area contributed by atoms with E-state index in [4.69, 9.17) is 0 Å². The van der Waals surface area contributed by atoms with Gasteiger partial charge < -0.3 is 4.90 Å². The molecule has 0 bridgehead atoms. The summed E-state index contributed by atoms with van der Waals surface area (Å²) < 4.78 is 0. The van der Waals surface area contributed by atoms with Gasteiger partial charge in [0.05, 0.1) is 0 Å². The number of nitrogens with zero attached hydrogens (tertiary/aromatic N) is 1. The van der Waals surface area contributed by atoms with Gasteiger partial charge in [-0.1, -0.05) is 24.8 Å². The molecule has 0 aromatic heterocycles. The zero-order chi connectivity index (χ0) is 14.9. The Hall–Kier alpha value is -2.17. The van der Waals surface area contributed by atoms with Crippen LogP contribution in [0.25, 0.3) is 0 Å². The van der Waals surface area contributed by atoms with Crippen LogP contribution in [-0.2, 0) is 14.4 Å². The van der Waals surface area contributed by atoms with Crippen LogP contribution in [0.3, 0.4) is 0 Å². The molecule has 0 aromatic carbocycles. The molecule has 5 nitrogen and oxygen atoms in total. The predicted molar refractivity (Wildman–Crippen MR) is 74.5 cm³/mol. The summed E-state index contributed by atoms with van der Waals surface area (Å²) in [6.45, 7) is 7.60. The highest BCUT2D eigenvalue weighted by atomic mass is 16.2. The van der Waals surface area contributed by atoms with Gasteiger partial charge in [-0.2, -0.15) is 0 Å². The Kier molecular flexibility index (Phi) is 3.61. The van der Waals surface area contributed by atoms with Gasteiger partial charge in [0.2, 0.25) is 5.91 Å². The van der Waals surface area contributed by atoms with Crippen LogP contribution in [0.2, 0.25) is 0 Å². The highest BCUT2D eigenvalue weighted by Crippen LogP contribution is 2.32. The number of carbonyl (C=O) groups is 3. The Labute approximate surface area is 118 Å². The second-order valence-electron chi connectivity index (χ2n) is 5.19. The van der Waals surface area contributed by atoms with Crippen LogP contribution in [0.5, 0.6) is 0 Å². The molecule has 5 heteroatoms. The van der Waals surface area contributed by atoms with Crippen LogP contribution in [0.15, 0.2) is 36.0 Å². The van der Waals surface area contributed by atoms with Crippen molar-refractivity contribution >= 4 is 17.7 Å². The van der Waals surface area contributed by atoms with Crippen LogP contribution in [0.4, 0.5) is 0 Å². The molecule has 0 spiro atoms. The first-order chi connectivity index (χ1) is 9.43. The third-order valence-corrected chi connectivity index (χ3v) is 3.91. The van der Waals surface area contributed by atoms with Crippen LogP contribution in [0, 0.1) is 0 Å². The number of nitrogens with one attached hydrogen (secondary N) is 1.